The maximum atomic E-state index is 13.1. The second kappa shape index (κ2) is 7.22. The molecule has 0 saturated carbocycles. The zero-order valence-electron chi connectivity index (χ0n) is 16.2. The Labute approximate surface area is 169 Å². The van der Waals surface area contributed by atoms with E-state index in [0.717, 1.165) is 23.4 Å². The summed E-state index contributed by atoms with van der Waals surface area (Å²) in [7, 11) is 0. The lowest BCUT2D eigenvalue weighted by atomic mass is 10.0. The molecule has 3 aromatic carbocycles. The molecule has 0 spiro atoms. The monoisotopic (exact) mass is 383 g/mol. The minimum absolute atomic E-state index is 0.0177. The molecule has 1 aliphatic heterocycles. The van der Waals surface area contributed by atoms with Crippen LogP contribution in [0.4, 0.5) is 0 Å². The molecule has 2 heterocycles. The lowest BCUT2D eigenvalue weighted by molar-refractivity contribution is 0.0890. The summed E-state index contributed by atoms with van der Waals surface area (Å²) >= 11 is 0. The van der Waals surface area contributed by atoms with Gasteiger partial charge < -0.3 is 9.15 Å². The van der Waals surface area contributed by atoms with E-state index < -0.39 is 0 Å². The van der Waals surface area contributed by atoms with E-state index in [4.69, 9.17) is 9.15 Å². The second-order valence-electron chi connectivity index (χ2n) is 7.51. The van der Waals surface area contributed by atoms with Crippen LogP contribution in [-0.2, 0) is 13.1 Å². The molecule has 29 heavy (non-hydrogen) atoms. The van der Waals surface area contributed by atoms with Gasteiger partial charge in [0, 0.05) is 13.1 Å². The number of hydrogen-bond acceptors (Lipinski definition) is 4. The topological polar surface area (TPSA) is 42.7 Å². The molecule has 5 rings (SSSR count). The van der Waals surface area contributed by atoms with E-state index in [9.17, 15) is 4.79 Å². The molecule has 4 aromatic rings. The number of benzene rings is 3. The van der Waals surface area contributed by atoms with E-state index in [1.165, 1.54) is 11.1 Å². The molecule has 0 aliphatic carbocycles. The van der Waals surface area contributed by atoms with E-state index in [2.05, 4.69) is 36.1 Å². The van der Waals surface area contributed by atoms with Crippen molar-refractivity contribution < 1.29 is 9.15 Å². The summed E-state index contributed by atoms with van der Waals surface area (Å²) in [5.41, 5.74) is 5.44. The Morgan fingerprint density at radius 3 is 2.55 bits per heavy atom. The molecule has 0 saturated heterocycles. The van der Waals surface area contributed by atoms with Gasteiger partial charge in [0.1, 0.15) is 24.3 Å². The first-order chi connectivity index (χ1) is 14.2. The van der Waals surface area contributed by atoms with E-state index >= 15 is 0 Å². The van der Waals surface area contributed by atoms with Gasteiger partial charge in [0.2, 0.25) is 5.43 Å². The molecule has 0 fully saturated rings. The number of nitrogens with zero attached hydrogens (tertiary/aromatic N) is 1. The van der Waals surface area contributed by atoms with Crippen LogP contribution in [0.25, 0.3) is 22.1 Å². The van der Waals surface area contributed by atoms with Gasteiger partial charge >= 0.3 is 0 Å². The van der Waals surface area contributed by atoms with Gasteiger partial charge in [-0.1, -0.05) is 60.2 Å². The minimum Gasteiger partial charge on any atom is -0.478 e. The van der Waals surface area contributed by atoms with Crippen LogP contribution >= 0.6 is 0 Å². The predicted octanol–water partition coefficient (Wildman–Crippen LogP) is 5.12. The standard InChI is InChI=1S/C25H21NO3/c1-17-7-9-18(10-8-17)13-26-14-21-23(29-16-26)12-11-20-24(27)22(15-28-25(20)21)19-5-3-2-4-6-19/h2-12,15H,13-14,16H2,1H3. The molecule has 4 heteroatoms. The third-order valence-corrected chi connectivity index (χ3v) is 5.40. The fourth-order valence-corrected chi connectivity index (χ4v) is 3.82. The number of fused-ring (bicyclic) bond motifs is 3. The van der Waals surface area contributed by atoms with E-state index in [1.807, 2.05) is 42.5 Å². The average Bonchev–Trinajstić information content (AvgIpc) is 2.76. The SMILES string of the molecule is Cc1ccc(CN2COc3ccc4c(=O)c(-c5ccccc5)coc4c3C2)cc1. The van der Waals surface area contributed by atoms with Gasteiger partial charge in [0.05, 0.1) is 16.5 Å². The van der Waals surface area contributed by atoms with Gasteiger partial charge in [-0.05, 0) is 30.2 Å². The Kier molecular flexibility index (Phi) is 4.41. The lowest BCUT2D eigenvalue weighted by Crippen LogP contribution is -2.31. The molecule has 1 aromatic heterocycles. The van der Waals surface area contributed by atoms with Gasteiger partial charge in [0.15, 0.2) is 0 Å². The van der Waals surface area contributed by atoms with Crippen LogP contribution in [0.2, 0.25) is 0 Å². The Morgan fingerprint density at radius 1 is 0.966 bits per heavy atom. The number of aryl methyl sites for hydroxylation is 1. The van der Waals surface area contributed by atoms with E-state index in [0.29, 0.717) is 29.8 Å². The van der Waals surface area contributed by atoms with E-state index in [-0.39, 0.29) is 5.43 Å². The van der Waals surface area contributed by atoms with Crippen LogP contribution in [0.3, 0.4) is 0 Å². The summed E-state index contributed by atoms with van der Waals surface area (Å²) in [5.74, 6) is 0.785. The van der Waals surface area contributed by atoms with Gasteiger partial charge in [-0.3, -0.25) is 9.69 Å². The molecule has 0 atom stereocenters. The Bertz CT molecular complexity index is 1230. The zero-order valence-corrected chi connectivity index (χ0v) is 16.2. The summed E-state index contributed by atoms with van der Waals surface area (Å²) in [5, 5.41) is 0.589. The minimum atomic E-state index is -0.0177. The predicted molar refractivity (Wildman–Crippen MR) is 114 cm³/mol. The molecular weight excluding hydrogens is 362 g/mol. The fourth-order valence-electron chi connectivity index (χ4n) is 3.82. The highest BCUT2D eigenvalue weighted by atomic mass is 16.5. The Balaban J connectivity index is 1.51. The van der Waals surface area contributed by atoms with Crippen LogP contribution in [0.5, 0.6) is 5.75 Å². The van der Waals surface area contributed by atoms with Crippen molar-refractivity contribution in [3.63, 3.8) is 0 Å². The summed E-state index contributed by atoms with van der Waals surface area (Å²) < 4.78 is 11.9. The molecule has 0 radical (unpaired) electrons. The smallest absolute Gasteiger partial charge is 0.200 e. The molecule has 144 valence electrons. The van der Waals surface area contributed by atoms with Crippen molar-refractivity contribution in [2.24, 2.45) is 0 Å². The summed E-state index contributed by atoms with van der Waals surface area (Å²) in [6, 6.07) is 21.8. The van der Waals surface area contributed by atoms with Gasteiger partial charge in [-0.25, -0.2) is 0 Å². The summed E-state index contributed by atoms with van der Waals surface area (Å²) in [6.07, 6.45) is 1.57. The first-order valence-electron chi connectivity index (χ1n) is 9.72. The molecule has 0 bridgehead atoms. The highest BCUT2D eigenvalue weighted by Gasteiger charge is 2.22. The lowest BCUT2D eigenvalue weighted by Gasteiger charge is -2.29. The van der Waals surface area contributed by atoms with Crippen molar-refractivity contribution in [3.05, 3.63) is 99.9 Å². The summed E-state index contributed by atoms with van der Waals surface area (Å²) in [4.78, 5) is 15.3. The summed E-state index contributed by atoms with van der Waals surface area (Å²) in [6.45, 7) is 4.05. The maximum Gasteiger partial charge on any atom is 0.200 e. The fraction of sp³-hybridized carbons (Fsp3) is 0.160. The number of ether oxygens (including phenoxy) is 1. The zero-order chi connectivity index (χ0) is 19.8. The maximum absolute atomic E-state index is 13.1. The molecular formula is C25H21NO3. The highest BCUT2D eigenvalue weighted by molar-refractivity contribution is 5.85. The van der Waals surface area contributed by atoms with Crippen LogP contribution in [0.15, 0.2) is 82.2 Å². The Hall–Kier alpha value is -3.37. The third-order valence-electron chi connectivity index (χ3n) is 5.40. The first-order valence-corrected chi connectivity index (χ1v) is 9.72. The largest absolute Gasteiger partial charge is 0.478 e. The molecule has 0 N–H and O–H groups in total. The number of rotatable bonds is 3. The second-order valence-corrected chi connectivity index (χ2v) is 7.51. The van der Waals surface area contributed by atoms with Crippen molar-refractivity contribution in [1.82, 2.24) is 4.90 Å². The quantitative estimate of drug-likeness (QED) is 0.492. The third kappa shape index (κ3) is 3.32. The van der Waals surface area contributed by atoms with Crippen LogP contribution in [0, 0.1) is 6.92 Å². The van der Waals surface area contributed by atoms with Crippen molar-refractivity contribution in [2.75, 3.05) is 6.73 Å². The van der Waals surface area contributed by atoms with Crippen molar-refractivity contribution >= 4 is 11.0 Å². The molecule has 0 unspecified atom stereocenters. The van der Waals surface area contributed by atoms with Crippen LogP contribution in [-0.4, -0.2) is 11.6 Å². The van der Waals surface area contributed by atoms with Crippen LogP contribution < -0.4 is 10.2 Å². The van der Waals surface area contributed by atoms with Crippen LogP contribution in [0.1, 0.15) is 16.7 Å². The van der Waals surface area contributed by atoms with Gasteiger partial charge in [-0.2, -0.15) is 0 Å². The Morgan fingerprint density at radius 2 is 1.76 bits per heavy atom. The van der Waals surface area contributed by atoms with Crippen molar-refractivity contribution in [3.8, 4) is 16.9 Å². The molecule has 1 aliphatic rings. The van der Waals surface area contributed by atoms with Crippen molar-refractivity contribution in [1.29, 1.82) is 0 Å². The molecule has 0 amide bonds. The van der Waals surface area contributed by atoms with E-state index in [1.54, 1.807) is 6.26 Å². The van der Waals surface area contributed by atoms with Gasteiger partial charge in [-0.15, -0.1) is 0 Å². The normalized spacial score (nSPS) is 13.8. The highest BCUT2D eigenvalue weighted by Crippen LogP contribution is 2.33. The average molecular weight is 383 g/mol. The first kappa shape index (κ1) is 17.7. The van der Waals surface area contributed by atoms with Gasteiger partial charge in [0.25, 0.3) is 0 Å². The van der Waals surface area contributed by atoms with Crippen molar-refractivity contribution in [2.45, 2.75) is 20.0 Å². The number of hydrogen-bond donors (Lipinski definition) is 0. The molecule has 4 nitrogen and oxygen atoms in total.